The van der Waals surface area contributed by atoms with Crippen molar-refractivity contribution in [1.82, 2.24) is 10.1 Å². The van der Waals surface area contributed by atoms with Gasteiger partial charge < -0.3 is 18.9 Å². The molecule has 0 bridgehead atoms. The number of aryl methyl sites for hydroxylation is 3. The number of hydrogen-bond acceptors (Lipinski definition) is 5. The Morgan fingerprint density at radius 2 is 2.13 bits per heavy atom. The molecule has 2 aromatic rings. The average Bonchev–Trinajstić information content (AvgIpc) is 3.13. The second kappa shape index (κ2) is 5.57. The standard InChI is InChI=1S/C16H18N2O5/c1-8-4-5-13(22-8)15-11(16(20)21)6-14(19)18(15)7-12-9(2)17-23-10(12)3/h4-5,11,15H,6-7H2,1-3H3,(H,20,21)/t11-,15-/m1/s1. The number of carbonyl (C=O) groups excluding carboxylic acids is 1. The highest BCUT2D eigenvalue weighted by atomic mass is 16.5. The lowest BCUT2D eigenvalue weighted by Crippen LogP contribution is -2.30. The molecule has 122 valence electrons. The molecular weight excluding hydrogens is 300 g/mol. The van der Waals surface area contributed by atoms with Gasteiger partial charge in [0.2, 0.25) is 5.91 Å². The van der Waals surface area contributed by atoms with Gasteiger partial charge in [-0.3, -0.25) is 9.59 Å². The number of nitrogens with zero attached hydrogens (tertiary/aromatic N) is 2. The Labute approximate surface area is 132 Å². The molecule has 0 spiro atoms. The molecule has 0 aromatic carbocycles. The van der Waals surface area contributed by atoms with E-state index in [4.69, 9.17) is 8.94 Å². The van der Waals surface area contributed by atoms with Crippen molar-refractivity contribution in [3.63, 3.8) is 0 Å². The lowest BCUT2D eigenvalue weighted by molar-refractivity contribution is -0.143. The summed E-state index contributed by atoms with van der Waals surface area (Å²) in [6.07, 6.45) is -0.0386. The van der Waals surface area contributed by atoms with E-state index in [1.807, 2.05) is 0 Å². The average molecular weight is 318 g/mol. The Morgan fingerprint density at radius 3 is 2.65 bits per heavy atom. The van der Waals surface area contributed by atoms with E-state index in [0.29, 0.717) is 23.0 Å². The molecule has 0 unspecified atom stereocenters. The number of furan rings is 1. The molecule has 1 saturated heterocycles. The molecule has 1 amide bonds. The third kappa shape index (κ3) is 2.62. The van der Waals surface area contributed by atoms with Crippen LogP contribution in [0.2, 0.25) is 0 Å². The van der Waals surface area contributed by atoms with E-state index in [0.717, 1.165) is 5.56 Å². The molecule has 1 fully saturated rings. The molecule has 3 heterocycles. The van der Waals surface area contributed by atoms with E-state index in [1.165, 1.54) is 0 Å². The Balaban J connectivity index is 1.98. The summed E-state index contributed by atoms with van der Waals surface area (Å²) >= 11 is 0. The SMILES string of the molecule is Cc1ccc([C@H]2[C@H](C(=O)O)CC(=O)N2Cc2c(C)noc2C)o1. The predicted octanol–water partition coefficient (Wildman–Crippen LogP) is 2.37. The number of likely N-dealkylation sites (tertiary alicyclic amines) is 1. The molecule has 7 nitrogen and oxygen atoms in total. The summed E-state index contributed by atoms with van der Waals surface area (Å²) < 4.78 is 10.7. The number of aromatic nitrogens is 1. The highest BCUT2D eigenvalue weighted by molar-refractivity contribution is 5.87. The van der Waals surface area contributed by atoms with Crippen LogP contribution in [0.15, 0.2) is 21.1 Å². The van der Waals surface area contributed by atoms with Crippen LogP contribution in [0.25, 0.3) is 0 Å². The van der Waals surface area contributed by atoms with Gasteiger partial charge in [-0.15, -0.1) is 0 Å². The molecule has 3 rings (SSSR count). The Hall–Kier alpha value is -2.57. The van der Waals surface area contributed by atoms with Crippen molar-refractivity contribution >= 4 is 11.9 Å². The van der Waals surface area contributed by atoms with Crippen LogP contribution in [0, 0.1) is 26.7 Å². The molecule has 1 aliphatic rings. The fourth-order valence-corrected chi connectivity index (χ4v) is 3.06. The van der Waals surface area contributed by atoms with Crippen LogP contribution in [0.5, 0.6) is 0 Å². The minimum absolute atomic E-state index is 0.0386. The maximum atomic E-state index is 12.4. The second-order valence-corrected chi connectivity index (χ2v) is 5.87. The van der Waals surface area contributed by atoms with E-state index >= 15 is 0 Å². The summed E-state index contributed by atoms with van der Waals surface area (Å²) in [5.41, 5.74) is 1.50. The van der Waals surface area contributed by atoms with Crippen molar-refractivity contribution in [3.05, 3.63) is 40.7 Å². The van der Waals surface area contributed by atoms with Gasteiger partial charge in [0.15, 0.2) is 0 Å². The Morgan fingerprint density at radius 1 is 1.39 bits per heavy atom. The summed E-state index contributed by atoms with van der Waals surface area (Å²) in [4.78, 5) is 25.5. The van der Waals surface area contributed by atoms with Gasteiger partial charge in [0.05, 0.1) is 18.2 Å². The van der Waals surface area contributed by atoms with Crippen molar-refractivity contribution < 1.29 is 23.6 Å². The molecule has 2 atom stereocenters. The van der Waals surface area contributed by atoms with Crippen LogP contribution in [0.4, 0.5) is 0 Å². The monoisotopic (exact) mass is 318 g/mol. The van der Waals surface area contributed by atoms with E-state index in [2.05, 4.69) is 5.16 Å². The minimum atomic E-state index is -1.00. The van der Waals surface area contributed by atoms with Crippen molar-refractivity contribution in [2.45, 2.75) is 39.8 Å². The first-order chi connectivity index (χ1) is 10.9. The predicted molar refractivity (Wildman–Crippen MR) is 78.5 cm³/mol. The quantitative estimate of drug-likeness (QED) is 0.929. The van der Waals surface area contributed by atoms with Gasteiger partial charge in [0, 0.05) is 12.0 Å². The Bertz CT molecular complexity index is 741. The smallest absolute Gasteiger partial charge is 0.309 e. The maximum Gasteiger partial charge on any atom is 0.309 e. The third-order valence-corrected chi connectivity index (χ3v) is 4.31. The first-order valence-electron chi connectivity index (χ1n) is 7.39. The van der Waals surface area contributed by atoms with Gasteiger partial charge >= 0.3 is 5.97 Å². The number of carboxylic acid groups (broad SMARTS) is 1. The van der Waals surface area contributed by atoms with Crippen LogP contribution in [0.1, 0.15) is 41.0 Å². The van der Waals surface area contributed by atoms with Gasteiger partial charge in [0.1, 0.15) is 23.3 Å². The molecule has 1 aliphatic heterocycles. The number of hydrogen-bond donors (Lipinski definition) is 1. The van der Waals surface area contributed by atoms with Crippen LogP contribution in [0.3, 0.4) is 0 Å². The van der Waals surface area contributed by atoms with Crippen LogP contribution in [-0.4, -0.2) is 27.0 Å². The lowest BCUT2D eigenvalue weighted by atomic mass is 9.98. The zero-order valence-electron chi connectivity index (χ0n) is 13.2. The highest BCUT2D eigenvalue weighted by Crippen LogP contribution is 2.40. The molecule has 0 aliphatic carbocycles. The first kappa shape index (κ1) is 15.3. The van der Waals surface area contributed by atoms with Crippen molar-refractivity contribution in [1.29, 1.82) is 0 Å². The van der Waals surface area contributed by atoms with Gasteiger partial charge in [-0.1, -0.05) is 5.16 Å². The number of carboxylic acids is 1. The Kier molecular flexibility index (Phi) is 3.71. The lowest BCUT2D eigenvalue weighted by Gasteiger charge is -2.25. The van der Waals surface area contributed by atoms with Gasteiger partial charge in [-0.2, -0.15) is 0 Å². The summed E-state index contributed by atoms with van der Waals surface area (Å²) in [6, 6.07) is 2.88. The summed E-state index contributed by atoms with van der Waals surface area (Å²) in [6.45, 7) is 5.62. The van der Waals surface area contributed by atoms with E-state index in [-0.39, 0.29) is 18.9 Å². The number of rotatable bonds is 4. The summed E-state index contributed by atoms with van der Waals surface area (Å²) in [5, 5.41) is 13.4. The van der Waals surface area contributed by atoms with E-state index in [9.17, 15) is 14.7 Å². The van der Waals surface area contributed by atoms with Crippen LogP contribution >= 0.6 is 0 Å². The van der Waals surface area contributed by atoms with Crippen molar-refractivity contribution in [2.75, 3.05) is 0 Å². The van der Waals surface area contributed by atoms with Crippen LogP contribution < -0.4 is 0 Å². The third-order valence-electron chi connectivity index (χ3n) is 4.31. The van der Waals surface area contributed by atoms with Gasteiger partial charge in [-0.05, 0) is 32.9 Å². The number of aliphatic carboxylic acids is 1. The summed E-state index contributed by atoms with van der Waals surface area (Å²) in [7, 11) is 0. The molecule has 23 heavy (non-hydrogen) atoms. The molecule has 7 heteroatoms. The second-order valence-electron chi connectivity index (χ2n) is 5.87. The van der Waals surface area contributed by atoms with E-state index < -0.39 is 17.9 Å². The fourth-order valence-electron chi connectivity index (χ4n) is 3.06. The zero-order chi connectivity index (χ0) is 16.7. The van der Waals surface area contributed by atoms with Crippen molar-refractivity contribution in [3.8, 4) is 0 Å². The highest BCUT2D eigenvalue weighted by Gasteiger charge is 2.46. The molecule has 0 radical (unpaired) electrons. The number of carbonyl (C=O) groups is 2. The normalized spacial score (nSPS) is 21.2. The van der Waals surface area contributed by atoms with Crippen LogP contribution in [-0.2, 0) is 16.1 Å². The van der Waals surface area contributed by atoms with E-state index in [1.54, 1.807) is 37.8 Å². The first-order valence-corrected chi connectivity index (χ1v) is 7.39. The topological polar surface area (TPSA) is 96.8 Å². The molecule has 1 N–H and O–H groups in total. The fraction of sp³-hybridized carbons (Fsp3) is 0.438. The molecular formula is C16H18N2O5. The maximum absolute atomic E-state index is 12.4. The minimum Gasteiger partial charge on any atom is -0.481 e. The van der Waals surface area contributed by atoms with Gasteiger partial charge in [0.25, 0.3) is 0 Å². The largest absolute Gasteiger partial charge is 0.481 e. The number of amides is 1. The molecule has 2 aromatic heterocycles. The molecule has 0 saturated carbocycles. The zero-order valence-corrected chi connectivity index (χ0v) is 13.2. The summed E-state index contributed by atoms with van der Waals surface area (Å²) in [5.74, 6) is -0.236. The van der Waals surface area contributed by atoms with Gasteiger partial charge in [-0.25, -0.2) is 0 Å². The van der Waals surface area contributed by atoms with Crippen molar-refractivity contribution in [2.24, 2.45) is 5.92 Å².